The van der Waals surface area contributed by atoms with Crippen molar-refractivity contribution in [1.29, 1.82) is 0 Å². The molecule has 5 rings (SSSR count). The molecule has 2 aromatic rings. The van der Waals surface area contributed by atoms with E-state index in [-0.39, 0.29) is 23.1 Å². The van der Waals surface area contributed by atoms with Gasteiger partial charge < -0.3 is 4.74 Å². The topological polar surface area (TPSA) is 84.0 Å². The fourth-order valence-electron chi connectivity index (χ4n) is 5.49. The van der Waals surface area contributed by atoms with Crippen LogP contribution in [0.1, 0.15) is 33.6 Å². The molecule has 3 aliphatic heterocycles. The predicted octanol–water partition coefficient (Wildman–Crippen LogP) is 2.45. The molecule has 4 atom stereocenters. The minimum atomic E-state index is -0.851. The second kappa shape index (κ2) is 7.63. The van der Waals surface area contributed by atoms with Crippen LogP contribution in [0.5, 0.6) is 0 Å². The third kappa shape index (κ3) is 2.90. The predicted molar refractivity (Wildman–Crippen MR) is 112 cm³/mol. The van der Waals surface area contributed by atoms with Crippen molar-refractivity contribution < 1.29 is 28.3 Å². The number of halogens is 1. The molecule has 2 amide bonds. The molecule has 0 N–H and O–H groups in total. The van der Waals surface area contributed by atoms with Crippen LogP contribution in [0, 0.1) is 17.7 Å². The van der Waals surface area contributed by atoms with Gasteiger partial charge in [0.2, 0.25) is 11.8 Å². The summed E-state index contributed by atoms with van der Waals surface area (Å²) >= 11 is 0. The smallest absolute Gasteiger partial charge is 0.339 e. The van der Waals surface area contributed by atoms with Crippen molar-refractivity contribution in [1.82, 2.24) is 4.90 Å². The van der Waals surface area contributed by atoms with E-state index in [4.69, 9.17) is 4.74 Å². The quantitative estimate of drug-likeness (QED) is 0.416. The largest absolute Gasteiger partial charge is 0.465 e. The number of amides is 2. The van der Waals surface area contributed by atoms with Gasteiger partial charge in [-0.15, -0.1) is 0 Å². The highest BCUT2D eigenvalue weighted by Gasteiger charge is 2.65. The van der Waals surface area contributed by atoms with Crippen molar-refractivity contribution >= 4 is 29.3 Å². The highest BCUT2D eigenvalue weighted by molar-refractivity contribution is 6.26. The van der Waals surface area contributed by atoms with E-state index >= 15 is 0 Å². The first-order valence-electron chi connectivity index (χ1n) is 10.5. The zero-order valence-corrected chi connectivity index (χ0v) is 17.4. The van der Waals surface area contributed by atoms with Crippen molar-refractivity contribution in [2.45, 2.75) is 24.9 Å². The molecular weight excluding hydrogens is 415 g/mol. The first-order valence-corrected chi connectivity index (χ1v) is 10.5. The van der Waals surface area contributed by atoms with Gasteiger partial charge in [-0.05, 0) is 55.8 Å². The Morgan fingerprint density at radius 3 is 2.41 bits per heavy atom. The maximum atomic E-state index is 13.6. The summed E-state index contributed by atoms with van der Waals surface area (Å²) in [6.45, 7) is 0.620. The summed E-state index contributed by atoms with van der Waals surface area (Å²) in [5.41, 5.74) is 0.582. The average molecular weight is 436 g/mol. The Labute approximate surface area is 183 Å². The monoisotopic (exact) mass is 436 g/mol. The number of ketones is 1. The number of nitrogens with zero attached hydrogens (tertiary/aromatic N) is 2. The molecular formula is C24H21FN2O5. The number of carbonyl (C=O) groups excluding carboxylic acids is 4. The van der Waals surface area contributed by atoms with Crippen LogP contribution in [0.15, 0.2) is 48.5 Å². The van der Waals surface area contributed by atoms with E-state index < -0.39 is 41.5 Å². The van der Waals surface area contributed by atoms with Crippen LogP contribution in [-0.4, -0.2) is 54.2 Å². The van der Waals surface area contributed by atoms with Gasteiger partial charge in [0, 0.05) is 11.6 Å². The van der Waals surface area contributed by atoms with E-state index in [0.717, 1.165) is 11.3 Å². The summed E-state index contributed by atoms with van der Waals surface area (Å²) in [7, 11) is 1.23. The fraction of sp³-hybridized carbons (Fsp3) is 0.333. The Bertz CT molecular complexity index is 1130. The lowest BCUT2D eigenvalue weighted by Crippen LogP contribution is -2.46. The summed E-state index contributed by atoms with van der Waals surface area (Å²) in [6, 6.07) is 10.5. The summed E-state index contributed by atoms with van der Waals surface area (Å²) < 4.78 is 18.2. The standard InChI is InChI=1S/C24H21FN2O5/c1-32-24(31)15-5-2-3-6-16(15)27-22(29)18-17-7-4-12-26(17)20(19(18)23(27)30)21(28)13-8-10-14(25)11-9-13/h2-3,5-6,8-11,17-20H,4,7,12H2,1H3. The van der Waals surface area contributed by atoms with Crippen LogP contribution in [0.3, 0.4) is 0 Å². The lowest BCUT2D eigenvalue weighted by atomic mass is 9.85. The number of Topliss-reactive ketones (excluding diaryl/α,β-unsaturated/α-hetero) is 1. The zero-order valence-electron chi connectivity index (χ0n) is 17.4. The third-order valence-electron chi connectivity index (χ3n) is 6.80. The molecule has 0 spiro atoms. The number of rotatable bonds is 4. The molecule has 0 radical (unpaired) electrons. The maximum Gasteiger partial charge on any atom is 0.339 e. The van der Waals surface area contributed by atoms with Gasteiger partial charge in [0.05, 0.1) is 36.2 Å². The van der Waals surface area contributed by atoms with Gasteiger partial charge in [-0.3, -0.25) is 19.3 Å². The Hall–Kier alpha value is -3.39. The van der Waals surface area contributed by atoms with Crippen molar-refractivity contribution in [3.63, 3.8) is 0 Å². The lowest BCUT2D eigenvalue weighted by Gasteiger charge is -2.28. The number of para-hydroxylation sites is 1. The average Bonchev–Trinajstić information content (AvgIpc) is 3.45. The number of imide groups is 1. The number of anilines is 1. The fourth-order valence-corrected chi connectivity index (χ4v) is 5.49. The molecule has 32 heavy (non-hydrogen) atoms. The molecule has 3 fully saturated rings. The molecule has 0 bridgehead atoms. The Kier molecular flexibility index (Phi) is 4.89. The van der Waals surface area contributed by atoms with Crippen LogP contribution in [0.25, 0.3) is 0 Å². The minimum Gasteiger partial charge on any atom is -0.465 e. The van der Waals surface area contributed by atoms with Crippen molar-refractivity contribution in [2.75, 3.05) is 18.6 Å². The second-order valence-corrected chi connectivity index (χ2v) is 8.34. The number of carbonyl (C=O) groups is 4. The molecule has 4 unspecified atom stereocenters. The molecule has 2 aromatic carbocycles. The van der Waals surface area contributed by atoms with Crippen LogP contribution in [0.4, 0.5) is 10.1 Å². The second-order valence-electron chi connectivity index (χ2n) is 8.34. The van der Waals surface area contributed by atoms with E-state index in [1.807, 2.05) is 4.90 Å². The summed E-state index contributed by atoms with van der Waals surface area (Å²) in [4.78, 5) is 55.8. The van der Waals surface area contributed by atoms with Crippen LogP contribution >= 0.6 is 0 Å². The summed E-state index contributed by atoms with van der Waals surface area (Å²) in [5.74, 6) is -3.81. The highest BCUT2D eigenvalue weighted by atomic mass is 19.1. The maximum absolute atomic E-state index is 13.6. The van der Waals surface area contributed by atoms with Crippen molar-refractivity contribution in [3.8, 4) is 0 Å². The number of ether oxygens (including phenoxy) is 1. The van der Waals surface area contributed by atoms with E-state index in [0.29, 0.717) is 18.5 Å². The Balaban J connectivity index is 1.56. The molecule has 0 aromatic heterocycles. The zero-order chi connectivity index (χ0) is 22.6. The van der Waals surface area contributed by atoms with Crippen molar-refractivity contribution in [2.24, 2.45) is 11.8 Å². The van der Waals surface area contributed by atoms with E-state index in [9.17, 15) is 23.6 Å². The van der Waals surface area contributed by atoms with E-state index in [2.05, 4.69) is 0 Å². The Morgan fingerprint density at radius 1 is 1.00 bits per heavy atom. The van der Waals surface area contributed by atoms with Gasteiger partial charge in [0.15, 0.2) is 5.78 Å². The van der Waals surface area contributed by atoms with Crippen LogP contribution < -0.4 is 4.90 Å². The van der Waals surface area contributed by atoms with Gasteiger partial charge in [0.25, 0.3) is 0 Å². The normalized spacial score (nSPS) is 26.9. The molecule has 7 nitrogen and oxygen atoms in total. The van der Waals surface area contributed by atoms with Gasteiger partial charge in [-0.1, -0.05) is 12.1 Å². The van der Waals surface area contributed by atoms with Gasteiger partial charge in [-0.2, -0.15) is 0 Å². The van der Waals surface area contributed by atoms with Gasteiger partial charge in [-0.25, -0.2) is 14.1 Å². The number of hydrogen-bond donors (Lipinski definition) is 0. The molecule has 0 aliphatic carbocycles. The molecule has 3 aliphatic rings. The number of fused-ring (bicyclic) bond motifs is 3. The molecule has 3 saturated heterocycles. The summed E-state index contributed by atoms with van der Waals surface area (Å²) in [5, 5.41) is 0. The molecule has 8 heteroatoms. The van der Waals surface area contributed by atoms with Crippen LogP contribution in [0.2, 0.25) is 0 Å². The lowest BCUT2D eigenvalue weighted by molar-refractivity contribution is -0.123. The van der Waals surface area contributed by atoms with Gasteiger partial charge in [0.1, 0.15) is 5.82 Å². The third-order valence-corrected chi connectivity index (χ3v) is 6.80. The highest BCUT2D eigenvalue weighted by Crippen LogP contribution is 2.48. The molecule has 3 heterocycles. The number of esters is 1. The van der Waals surface area contributed by atoms with E-state index in [1.165, 1.54) is 43.5 Å². The Morgan fingerprint density at radius 2 is 1.69 bits per heavy atom. The summed E-state index contributed by atoms with van der Waals surface area (Å²) in [6.07, 6.45) is 1.53. The first kappa shape index (κ1) is 20.5. The van der Waals surface area contributed by atoms with E-state index in [1.54, 1.807) is 12.1 Å². The van der Waals surface area contributed by atoms with Crippen LogP contribution in [-0.2, 0) is 14.3 Å². The molecule has 0 saturated carbocycles. The van der Waals surface area contributed by atoms with Crippen molar-refractivity contribution in [3.05, 3.63) is 65.5 Å². The van der Waals surface area contributed by atoms with Gasteiger partial charge >= 0.3 is 5.97 Å². The first-order chi connectivity index (χ1) is 15.4. The number of methoxy groups -OCH3 is 1. The number of hydrogen-bond acceptors (Lipinski definition) is 6. The number of benzene rings is 2. The SMILES string of the molecule is COC(=O)c1ccccc1N1C(=O)C2C(C1=O)C(C(=O)c1ccc(F)cc1)N1CCCC21. The minimum absolute atomic E-state index is 0.112. The molecule has 164 valence electrons.